The van der Waals surface area contributed by atoms with E-state index in [4.69, 9.17) is 19.8 Å². The summed E-state index contributed by atoms with van der Waals surface area (Å²) in [6.07, 6.45) is 2.08. The zero-order chi connectivity index (χ0) is 38.8. The van der Waals surface area contributed by atoms with Gasteiger partial charge in [-0.15, -0.1) is 0 Å². The van der Waals surface area contributed by atoms with Crippen LogP contribution in [0.4, 0.5) is 10.5 Å². The second-order valence-electron chi connectivity index (χ2n) is 12.0. The Morgan fingerprint density at radius 1 is 0.962 bits per heavy atom. The number of hydrogen-bond acceptors (Lipinski definition) is 11. The first-order chi connectivity index (χ1) is 24.5. The molecule has 8 amide bonds. The van der Waals surface area contributed by atoms with Gasteiger partial charge in [0.2, 0.25) is 23.6 Å². The quantitative estimate of drug-likeness (QED) is 0.0441. The second kappa shape index (κ2) is 21.4. The van der Waals surface area contributed by atoms with Crippen molar-refractivity contribution in [2.24, 2.45) is 11.7 Å². The molecule has 0 unspecified atom stereocenters. The molecule has 52 heavy (non-hydrogen) atoms. The first-order valence-corrected chi connectivity index (χ1v) is 18.0. The first kappa shape index (κ1) is 43.2. The monoisotopic (exact) mass is 753 g/mol. The highest BCUT2D eigenvalue weighted by molar-refractivity contribution is 7.85. The largest absolute Gasteiger partial charge is 0.380 e. The number of urea groups is 1. The first-order valence-electron chi connectivity index (χ1n) is 16.4. The van der Waals surface area contributed by atoms with Crippen molar-refractivity contribution in [2.75, 3.05) is 57.6 Å². The van der Waals surface area contributed by atoms with Crippen LogP contribution in [-0.2, 0) is 55.0 Å². The average Bonchev–Trinajstić information content (AvgIpc) is 3.38. The molecule has 288 valence electrons. The van der Waals surface area contributed by atoms with Gasteiger partial charge in [0.25, 0.3) is 21.9 Å². The number of anilines is 1. The van der Waals surface area contributed by atoms with Gasteiger partial charge in [-0.1, -0.05) is 26.0 Å². The molecule has 0 aromatic heterocycles. The number of imide groups is 1. The van der Waals surface area contributed by atoms with Crippen LogP contribution in [0.2, 0.25) is 0 Å². The van der Waals surface area contributed by atoms with Crippen molar-refractivity contribution in [3.05, 3.63) is 42.0 Å². The Morgan fingerprint density at radius 2 is 1.62 bits per heavy atom. The summed E-state index contributed by atoms with van der Waals surface area (Å²) in [5.41, 5.74) is 6.47. The van der Waals surface area contributed by atoms with E-state index in [9.17, 15) is 42.0 Å². The molecule has 0 spiro atoms. The Kier molecular flexibility index (Phi) is 17.8. The van der Waals surface area contributed by atoms with E-state index in [-0.39, 0.29) is 52.1 Å². The number of nitrogens with two attached hydrogens (primary N) is 1. The van der Waals surface area contributed by atoms with Gasteiger partial charge < -0.3 is 41.4 Å². The molecular formula is C32H47N7O12S. The molecule has 2 rings (SSSR count). The van der Waals surface area contributed by atoms with E-state index in [1.165, 1.54) is 0 Å². The molecule has 0 saturated heterocycles. The summed E-state index contributed by atoms with van der Waals surface area (Å²) in [6, 6.07) is 3.95. The maximum atomic E-state index is 13.5. The third-order valence-electron chi connectivity index (χ3n) is 7.55. The zero-order valence-electron chi connectivity index (χ0n) is 29.3. The molecule has 1 aromatic carbocycles. The minimum atomic E-state index is -4.28. The van der Waals surface area contributed by atoms with Crippen molar-refractivity contribution < 1.29 is 56.0 Å². The minimum Gasteiger partial charge on any atom is -0.380 e. The molecular weight excluding hydrogens is 706 g/mol. The molecule has 1 aromatic rings. The van der Waals surface area contributed by atoms with Crippen LogP contribution in [0, 0.1) is 5.92 Å². The fourth-order valence-corrected chi connectivity index (χ4v) is 5.10. The van der Waals surface area contributed by atoms with Crippen molar-refractivity contribution in [1.29, 1.82) is 0 Å². The maximum Gasteiger partial charge on any atom is 0.312 e. The van der Waals surface area contributed by atoms with Crippen LogP contribution in [0.3, 0.4) is 0 Å². The highest BCUT2D eigenvalue weighted by Crippen LogP contribution is 2.13. The van der Waals surface area contributed by atoms with E-state index in [0.29, 0.717) is 17.2 Å². The van der Waals surface area contributed by atoms with Gasteiger partial charge in [-0.25, -0.2) is 4.79 Å². The summed E-state index contributed by atoms with van der Waals surface area (Å²) in [4.78, 5) is 89.9. The number of hydrogen-bond donors (Lipinski definition) is 6. The molecule has 1 heterocycles. The molecule has 0 aliphatic carbocycles. The number of ether oxygens (including phenoxy) is 2. The summed E-state index contributed by atoms with van der Waals surface area (Å²) >= 11 is 0. The van der Waals surface area contributed by atoms with E-state index >= 15 is 0 Å². The van der Waals surface area contributed by atoms with Gasteiger partial charge >= 0.3 is 6.03 Å². The van der Waals surface area contributed by atoms with Gasteiger partial charge in [-0.05, 0) is 36.5 Å². The third kappa shape index (κ3) is 16.0. The number of amides is 8. The number of carbonyl (C=O) groups excluding carboxylic acids is 7. The van der Waals surface area contributed by atoms with Gasteiger partial charge in [0.1, 0.15) is 18.6 Å². The molecule has 0 bridgehead atoms. The molecule has 19 nitrogen and oxygen atoms in total. The number of methoxy groups -OCH3 is 1. The second-order valence-corrected chi connectivity index (χ2v) is 13.6. The van der Waals surface area contributed by atoms with E-state index < -0.39 is 81.9 Å². The van der Waals surface area contributed by atoms with E-state index in [1.807, 2.05) is 0 Å². The maximum absolute atomic E-state index is 13.5. The van der Waals surface area contributed by atoms with Crippen molar-refractivity contribution in [2.45, 2.75) is 51.8 Å². The van der Waals surface area contributed by atoms with Gasteiger partial charge in [0.15, 0.2) is 0 Å². The summed E-state index contributed by atoms with van der Waals surface area (Å²) in [7, 11) is -2.73. The van der Waals surface area contributed by atoms with Crippen molar-refractivity contribution in [3.63, 3.8) is 0 Å². The lowest BCUT2D eigenvalue weighted by molar-refractivity contribution is -0.145. The van der Waals surface area contributed by atoms with Crippen LogP contribution in [-0.4, -0.2) is 129 Å². The van der Waals surface area contributed by atoms with Crippen LogP contribution in [0.25, 0.3) is 0 Å². The van der Waals surface area contributed by atoms with Crippen LogP contribution < -0.4 is 27.0 Å². The topological polar surface area (TPSA) is 273 Å². The lowest BCUT2D eigenvalue weighted by Gasteiger charge is -2.27. The van der Waals surface area contributed by atoms with Crippen LogP contribution >= 0.6 is 0 Å². The van der Waals surface area contributed by atoms with Gasteiger partial charge in [-0.2, -0.15) is 8.42 Å². The Morgan fingerprint density at radius 3 is 2.19 bits per heavy atom. The van der Waals surface area contributed by atoms with Gasteiger partial charge in [-0.3, -0.25) is 38.2 Å². The number of nitrogens with one attached hydrogen (secondary N) is 4. The predicted molar refractivity (Wildman–Crippen MR) is 186 cm³/mol. The van der Waals surface area contributed by atoms with Gasteiger partial charge in [0, 0.05) is 51.0 Å². The summed E-state index contributed by atoms with van der Waals surface area (Å²) in [5.74, 6) is -5.08. The van der Waals surface area contributed by atoms with E-state index in [2.05, 4.69) is 21.3 Å². The molecule has 7 N–H and O–H groups in total. The Hall–Kier alpha value is -4.92. The Balaban J connectivity index is 2.09. The van der Waals surface area contributed by atoms with Crippen LogP contribution in [0.15, 0.2) is 36.4 Å². The summed E-state index contributed by atoms with van der Waals surface area (Å²) in [5, 5.41) is 10.5. The number of carbonyl (C=O) groups is 7. The highest BCUT2D eigenvalue weighted by Gasteiger charge is 2.30. The fourth-order valence-electron chi connectivity index (χ4n) is 4.77. The number of rotatable bonds is 23. The van der Waals surface area contributed by atoms with Gasteiger partial charge in [0.05, 0.1) is 25.6 Å². The van der Waals surface area contributed by atoms with Crippen molar-refractivity contribution in [3.8, 4) is 0 Å². The third-order valence-corrected chi connectivity index (χ3v) is 8.23. The molecule has 0 radical (unpaired) electrons. The average molecular weight is 754 g/mol. The SMILES string of the molecule is COCc1ccc(NC(=O)[C@H](CCCNC(N)=O)NC(=O)[C@@H](NC(=O)CCN(CCOCCS(=O)(=O)O)C(=O)CN2C(=O)C=CC2=O)C(C)C)cc1. The van der Waals surface area contributed by atoms with Crippen LogP contribution in [0.1, 0.15) is 38.7 Å². The van der Waals surface area contributed by atoms with E-state index in [1.54, 1.807) is 45.2 Å². The number of primary amides is 1. The summed E-state index contributed by atoms with van der Waals surface area (Å²) < 4.78 is 41.1. The number of benzene rings is 1. The molecule has 2 atom stereocenters. The standard InChI is InChI=1S/C32H47N7O12S/c1-21(2)29(31(45)36-24(5-4-13-34-32(33)46)30(44)35-23-8-6-22(7-9-23)20-50-3)37-25(40)12-14-38(15-16-51-17-18-52(47,48)49)28(43)19-39-26(41)10-11-27(39)42/h6-11,21,24,29H,4-5,12-20H2,1-3H3,(H,35,44)(H,36,45)(H,37,40)(H3,33,34,46)(H,47,48,49)/t24-,29-/m0/s1. The number of nitrogens with zero attached hydrogens (tertiary/aromatic N) is 2. The predicted octanol–water partition coefficient (Wildman–Crippen LogP) is -1.11. The molecule has 1 aliphatic heterocycles. The molecule has 20 heteroatoms. The smallest absolute Gasteiger partial charge is 0.312 e. The van der Waals surface area contributed by atoms with E-state index in [0.717, 1.165) is 22.6 Å². The van der Waals surface area contributed by atoms with Crippen molar-refractivity contribution in [1.82, 2.24) is 25.8 Å². The normalized spacial score (nSPS) is 13.8. The fraction of sp³-hybridized carbons (Fsp3) is 0.531. The molecule has 0 saturated carbocycles. The Labute approximate surface area is 301 Å². The lowest BCUT2D eigenvalue weighted by atomic mass is 10.0. The Bertz CT molecular complexity index is 1550. The van der Waals surface area contributed by atoms with Crippen LogP contribution in [0.5, 0.6) is 0 Å². The summed E-state index contributed by atoms with van der Waals surface area (Å²) in [6.45, 7) is 2.28. The lowest BCUT2D eigenvalue weighted by Crippen LogP contribution is -2.55. The van der Waals surface area contributed by atoms with Crippen molar-refractivity contribution >= 4 is 57.3 Å². The zero-order valence-corrected chi connectivity index (χ0v) is 30.1. The highest BCUT2D eigenvalue weighted by atomic mass is 32.2. The molecule has 0 fully saturated rings. The molecule has 1 aliphatic rings. The minimum absolute atomic E-state index is 0.110.